The Morgan fingerprint density at radius 2 is 2.12 bits per heavy atom. The lowest BCUT2D eigenvalue weighted by Crippen LogP contribution is -2.14. The van der Waals surface area contributed by atoms with E-state index < -0.39 is 0 Å². The van der Waals surface area contributed by atoms with Crippen molar-refractivity contribution in [1.29, 1.82) is 0 Å². The number of rotatable bonds is 5. The van der Waals surface area contributed by atoms with Gasteiger partial charge in [0.1, 0.15) is 10.9 Å². The molecule has 3 heterocycles. The lowest BCUT2D eigenvalue weighted by molar-refractivity contribution is -0.113. The second kappa shape index (κ2) is 6.84. The number of carbonyl (C=O) groups excluding carboxylic acids is 1. The number of thioether (sulfide) groups is 1. The summed E-state index contributed by atoms with van der Waals surface area (Å²) in [5, 5.41) is 12.1. The number of furan rings is 1. The molecule has 0 saturated heterocycles. The minimum Gasteiger partial charge on any atom is -0.463 e. The van der Waals surface area contributed by atoms with Gasteiger partial charge in [0, 0.05) is 17.8 Å². The topological polar surface area (TPSA) is 72.4 Å². The van der Waals surface area contributed by atoms with Crippen molar-refractivity contribution in [2.75, 3.05) is 11.1 Å². The van der Waals surface area contributed by atoms with Gasteiger partial charge in [-0.2, -0.15) is 0 Å². The van der Waals surface area contributed by atoms with Crippen LogP contribution in [0.5, 0.6) is 0 Å². The highest BCUT2D eigenvalue weighted by atomic mass is 32.2. The Morgan fingerprint density at radius 3 is 2.96 bits per heavy atom. The summed E-state index contributed by atoms with van der Waals surface area (Å²) in [4.78, 5) is 12.3. The first-order valence-electron chi connectivity index (χ1n) is 8.39. The average molecular weight is 366 g/mol. The van der Waals surface area contributed by atoms with Gasteiger partial charge in [0.2, 0.25) is 5.91 Å². The molecule has 132 valence electrons. The number of aryl methyl sites for hydroxylation is 2. The van der Waals surface area contributed by atoms with Crippen LogP contribution in [0.2, 0.25) is 0 Å². The van der Waals surface area contributed by atoms with Crippen LogP contribution in [0.15, 0.2) is 52.1 Å². The maximum Gasteiger partial charge on any atom is 0.234 e. The molecule has 0 aliphatic heterocycles. The number of nitrogens with zero attached hydrogens (tertiary/aromatic N) is 3. The molecule has 0 spiro atoms. The molecule has 6 nitrogen and oxygen atoms in total. The highest BCUT2D eigenvalue weighted by Crippen LogP contribution is 2.28. The van der Waals surface area contributed by atoms with Gasteiger partial charge < -0.3 is 9.73 Å². The number of fused-ring (bicyclic) bond motifs is 3. The van der Waals surface area contributed by atoms with E-state index in [0.29, 0.717) is 5.03 Å². The van der Waals surface area contributed by atoms with Crippen LogP contribution in [0.4, 0.5) is 5.69 Å². The summed E-state index contributed by atoms with van der Waals surface area (Å²) in [6, 6.07) is 11.7. The van der Waals surface area contributed by atoms with Crippen LogP contribution in [-0.2, 0) is 11.2 Å². The molecule has 4 rings (SSSR count). The second-order valence-electron chi connectivity index (χ2n) is 5.98. The highest BCUT2D eigenvalue weighted by molar-refractivity contribution is 8.00. The summed E-state index contributed by atoms with van der Waals surface area (Å²) in [6.07, 6.45) is 2.59. The van der Waals surface area contributed by atoms with Crippen molar-refractivity contribution in [2.45, 2.75) is 25.3 Å². The van der Waals surface area contributed by atoms with Gasteiger partial charge in [0.25, 0.3) is 0 Å². The third kappa shape index (κ3) is 3.06. The molecule has 1 N–H and O–H groups in total. The molecule has 4 aromatic rings. The highest BCUT2D eigenvalue weighted by Gasteiger charge is 2.15. The van der Waals surface area contributed by atoms with E-state index >= 15 is 0 Å². The zero-order valence-electron chi connectivity index (χ0n) is 14.5. The molecule has 1 aromatic carbocycles. The second-order valence-corrected chi connectivity index (χ2v) is 6.94. The molecule has 0 radical (unpaired) electrons. The largest absolute Gasteiger partial charge is 0.463 e. The van der Waals surface area contributed by atoms with Crippen LogP contribution >= 0.6 is 11.8 Å². The Hall–Kier alpha value is -2.80. The lowest BCUT2D eigenvalue weighted by atomic mass is 10.1. The van der Waals surface area contributed by atoms with Gasteiger partial charge in [-0.15, -0.1) is 10.2 Å². The number of anilines is 1. The van der Waals surface area contributed by atoms with Crippen molar-refractivity contribution in [3.8, 4) is 0 Å². The van der Waals surface area contributed by atoms with Crippen molar-refractivity contribution < 1.29 is 9.21 Å². The molecule has 0 atom stereocenters. The number of benzene rings is 1. The van der Waals surface area contributed by atoms with Crippen LogP contribution in [0, 0.1) is 6.92 Å². The van der Waals surface area contributed by atoms with Crippen LogP contribution in [0.1, 0.15) is 18.3 Å². The first-order chi connectivity index (χ1) is 12.7. The normalized spacial score (nSPS) is 11.3. The number of hydrogen-bond acceptors (Lipinski definition) is 5. The maximum atomic E-state index is 12.3. The van der Waals surface area contributed by atoms with Crippen molar-refractivity contribution in [3.05, 3.63) is 54.0 Å². The number of aromatic nitrogens is 3. The first kappa shape index (κ1) is 16.7. The van der Waals surface area contributed by atoms with E-state index in [1.165, 1.54) is 17.3 Å². The first-order valence-corrected chi connectivity index (χ1v) is 9.38. The standard InChI is InChI=1S/C19H18N4O2S/c1-3-13-5-4-6-14(9-13)20-18(24)11-26-19-16-10-17-15(7-8-25-17)23(16)12(2)21-22-19/h4-10H,3,11H2,1-2H3,(H,20,24). The number of amides is 1. The minimum atomic E-state index is -0.0704. The number of carbonyl (C=O) groups is 1. The number of nitrogens with one attached hydrogen (secondary N) is 1. The minimum absolute atomic E-state index is 0.0704. The molecule has 26 heavy (non-hydrogen) atoms. The van der Waals surface area contributed by atoms with Gasteiger partial charge in [-0.3, -0.25) is 9.20 Å². The summed E-state index contributed by atoms with van der Waals surface area (Å²) in [6.45, 7) is 3.99. The molecule has 0 aliphatic rings. The fraction of sp³-hybridized carbons (Fsp3) is 0.211. The Labute approximate surface area is 154 Å². The maximum absolute atomic E-state index is 12.3. The van der Waals surface area contributed by atoms with E-state index in [1.54, 1.807) is 6.26 Å². The molecule has 0 bridgehead atoms. The van der Waals surface area contributed by atoms with Gasteiger partial charge in [-0.1, -0.05) is 30.8 Å². The average Bonchev–Trinajstić information content (AvgIpc) is 3.22. The SMILES string of the molecule is CCc1cccc(NC(=O)CSc2nnc(C)n3c2cc2occc23)c1. The monoisotopic (exact) mass is 366 g/mol. The summed E-state index contributed by atoms with van der Waals surface area (Å²) in [5.41, 5.74) is 4.64. The quantitative estimate of drug-likeness (QED) is 0.539. The molecule has 1 amide bonds. The Kier molecular flexibility index (Phi) is 4.38. The summed E-state index contributed by atoms with van der Waals surface area (Å²) in [5.74, 6) is 0.969. The molecule has 3 aromatic heterocycles. The molecule has 0 fully saturated rings. The molecule has 7 heteroatoms. The van der Waals surface area contributed by atoms with E-state index in [9.17, 15) is 4.79 Å². The molecular weight excluding hydrogens is 348 g/mol. The molecule has 0 aliphatic carbocycles. The van der Waals surface area contributed by atoms with Crippen LogP contribution in [0.25, 0.3) is 16.6 Å². The van der Waals surface area contributed by atoms with Crippen molar-refractivity contribution in [2.24, 2.45) is 0 Å². The zero-order chi connectivity index (χ0) is 18.1. The predicted octanol–water partition coefficient (Wildman–Crippen LogP) is 4.08. The summed E-state index contributed by atoms with van der Waals surface area (Å²) in [7, 11) is 0. The van der Waals surface area contributed by atoms with E-state index in [-0.39, 0.29) is 11.7 Å². The smallest absolute Gasteiger partial charge is 0.234 e. The van der Waals surface area contributed by atoms with Crippen molar-refractivity contribution >= 4 is 40.0 Å². The van der Waals surface area contributed by atoms with Crippen LogP contribution in [-0.4, -0.2) is 26.3 Å². The zero-order valence-corrected chi connectivity index (χ0v) is 15.3. The van der Waals surface area contributed by atoms with E-state index in [0.717, 1.165) is 34.5 Å². The Balaban J connectivity index is 1.52. The Morgan fingerprint density at radius 1 is 1.23 bits per heavy atom. The predicted molar refractivity (Wildman–Crippen MR) is 103 cm³/mol. The summed E-state index contributed by atoms with van der Waals surface area (Å²) < 4.78 is 7.47. The van der Waals surface area contributed by atoms with Gasteiger partial charge in [0.05, 0.1) is 23.0 Å². The third-order valence-electron chi connectivity index (χ3n) is 4.21. The van der Waals surface area contributed by atoms with Gasteiger partial charge in [-0.25, -0.2) is 0 Å². The van der Waals surface area contributed by atoms with Crippen LogP contribution < -0.4 is 5.32 Å². The lowest BCUT2D eigenvalue weighted by Gasteiger charge is -2.07. The fourth-order valence-electron chi connectivity index (χ4n) is 2.95. The van der Waals surface area contributed by atoms with E-state index in [4.69, 9.17) is 4.42 Å². The van der Waals surface area contributed by atoms with E-state index in [1.807, 2.05) is 47.7 Å². The Bertz CT molecular complexity index is 1100. The van der Waals surface area contributed by atoms with Crippen molar-refractivity contribution in [1.82, 2.24) is 14.6 Å². The van der Waals surface area contributed by atoms with E-state index in [2.05, 4.69) is 22.4 Å². The molecular formula is C19H18N4O2S. The fourth-order valence-corrected chi connectivity index (χ4v) is 3.68. The third-order valence-corrected chi connectivity index (χ3v) is 5.18. The van der Waals surface area contributed by atoms with Gasteiger partial charge in [0.15, 0.2) is 5.58 Å². The number of hydrogen-bond donors (Lipinski definition) is 1. The van der Waals surface area contributed by atoms with Gasteiger partial charge >= 0.3 is 0 Å². The van der Waals surface area contributed by atoms with Gasteiger partial charge in [-0.05, 0) is 31.0 Å². The van der Waals surface area contributed by atoms with Crippen molar-refractivity contribution in [3.63, 3.8) is 0 Å². The van der Waals surface area contributed by atoms with Crippen LogP contribution in [0.3, 0.4) is 0 Å². The summed E-state index contributed by atoms with van der Waals surface area (Å²) >= 11 is 1.37. The molecule has 0 saturated carbocycles. The molecule has 0 unspecified atom stereocenters.